The first-order chi connectivity index (χ1) is 5.52. The van der Waals surface area contributed by atoms with E-state index >= 15 is 0 Å². The lowest BCUT2D eigenvalue weighted by atomic mass is 10.1. The molecule has 0 aliphatic rings. The van der Waals surface area contributed by atoms with Crippen LogP contribution in [-0.2, 0) is 14.3 Å². The molecule has 0 aromatic rings. The first kappa shape index (κ1) is 10.9. The Balaban J connectivity index is 3.38. The summed E-state index contributed by atoms with van der Waals surface area (Å²) in [5, 5.41) is 8.19. The summed E-state index contributed by atoms with van der Waals surface area (Å²) in [5.74, 6) is -1.35. The Kier molecular flexibility index (Phi) is 5.08. The van der Waals surface area contributed by atoms with Crippen LogP contribution < -0.4 is 0 Å². The highest BCUT2D eigenvalue weighted by atomic mass is 16.5. The van der Waals surface area contributed by atoms with Crippen LogP contribution in [0.4, 0.5) is 0 Å². The fourth-order valence-corrected chi connectivity index (χ4v) is 0.583. The van der Waals surface area contributed by atoms with E-state index in [0.717, 1.165) is 6.42 Å². The third-order valence-corrected chi connectivity index (χ3v) is 1.25. The molecule has 12 heavy (non-hydrogen) atoms. The molecule has 0 saturated heterocycles. The number of esters is 1. The molecule has 0 aliphatic carbocycles. The van der Waals surface area contributed by atoms with Crippen LogP contribution in [0.15, 0.2) is 0 Å². The molecule has 1 N–H and O–H groups in total. The van der Waals surface area contributed by atoms with Crippen molar-refractivity contribution in [3.8, 4) is 0 Å². The molecule has 0 radical (unpaired) electrons. The van der Waals surface area contributed by atoms with Crippen LogP contribution in [-0.4, -0.2) is 23.7 Å². The number of carboxylic acid groups (broad SMARTS) is 1. The summed E-state index contributed by atoms with van der Waals surface area (Å²) < 4.78 is 4.64. The van der Waals surface area contributed by atoms with Gasteiger partial charge in [-0.25, -0.2) is 0 Å². The van der Waals surface area contributed by atoms with Crippen molar-refractivity contribution >= 4 is 11.9 Å². The van der Waals surface area contributed by atoms with Crippen molar-refractivity contribution in [1.29, 1.82) is 0 Å². The summed E-state index contributed by atoms with van der Waals surface area (Å²) in [6, 6.07) is 0. The zero-order valence-electron chi connectivity index (χ0n) is 7.37. The number of ether oxygens (including phenoxy) is 1. The summed E-state index contributed by atoms with van der Waals surface area (Å²) in [5.41, 5.74) is 0. The normalized spacial score (nSPS) is 9.92. The number of carbonyl (C=O) groups excluding carboxylic acids is 1. The van der Waals surface area contributed by atoms with Crippen molar-refractivity contribution in [3.63, 3.8) is 0 Å². The Morgan fingerprint density at radius 1 is 1.42 bits per heavy atom. The molecule has 0 aliphatic heterocycles. The lowest BCUT2D eigenvalue weighted by Crippen LogP contribution is -2.12. The van der Waals surface area contributed by atoms with E-state index in [1.807, 2.05) is 13.8 Å². The molecule has 0 aromatic heterocycles. The van der Waals surface area contributed by atoms with Crippen molar-refractivity contribution in [3.05, 3.63) is 0 Å². The molecule has 0 amide bonds. The highest BCUT2D eigenvalue weighted by molar-refractivity contribution is 5.90. The molecule has 0 heterocycles. The van der Waals surface area contributed by atoms with Crippen LogP contribution in [0.3, 0.4) is 0 Å². The molecule has 0 saturated carbocycles. The zero-order valence-corrected chi connectivity index (χ0v) is 7.37. The first-order valence-electron chi connectivity index (χ1n) is 3.89. The summed E-state index contributed by atoms with van der Waals surface area (Å²) in [4.78, 5) is 20.6. The number of hydrogen-bond acceptors (Lipinski definition) is 3. The number of carbonyl (C=O) groups is 2. The Bertz CT molecular complexity index is 162. The molecular weight excluding hydrogens is 160 g/mol. The Labute approximate surface area is 71.5 Å². The zero-order chi connectivity index (χ0) is 9.56. The van der Waals surface area contributed by atoms with Gasteiger partial charge in [0.05, 0.1) is 6.61 Å². The maximum atomic E-state index is 10.6. The largest absolute Gasteiger partial charge is 0.481 e. The summed E-state index contributed by atoms with van der Waals surface area (Å²) in [6.45, 7) is 4.32. The predicted octanol–water partition coefficient (Wildman–Crippen LogP) is 1.05. The van der Waals surface area contributed by atoms with Crippen molar-refractivity contribution in [2.75, 3.05) is 6.61 Å². The van der Waals surface area contributed by atoms with Crippen LogP contribution in [0.25, 0.3) is 0 Å². The minimum atomic E-state index is -1.15. The van der Waals surface area contributed by atoms with Gasteiger partial charge in [0.25, 0.3) is 0 Å². The quantitative estimate of drug-likeness (QED) is 0.499. The standard InChI is InChI=1S/C8H14O4/c1-6(2)3-4-12-8(11)5-7(9)10/h6H,3-5H2,1-2H3,(H,9,10). The smallest absolute Gasteiger partial charge is 0.317 e. The van der Waals surface area contributed by atoms with Gasteiger partial charge in [0.15, 0.2) is 0 Å². The Morgan fingerprint density at radius 3 is 2.42 bits per heavy atom. The van der Waals surface area contributed by atoms with Crippen LogP contribution in [0, 0.1) is 5.92 Å². The average molecular weight is 174 g/mol. The first-order valence-corrected chi connectivity index (χ1v) is 3.89. The summed E-state index contributed by atoms with van der Waals surface area (Å²) >= 11 is 0. The van der Waals surface area contributed by atoms with Gasteiger partial charge < -0.3 is 9.84 Å². The molecule has 4 nitrogen and oxygen atoms in total. The highest BCUT2D eigenvalue weighted by Gasteiger charge is 2.08. The second-order valence-corrected chi connectivity index (χ2v) is 2.97. The van der Waals surface area contributed by atoms with E-state index in [9.17, 15) is 9.59 Å². The number of aliphatic carboxylic acids is 1. The Morgan fingerprint density at radius 2 is 2.00 bits per heavy atom. The van der Waals surface area contributed by atoms with Gasteiger partial charge in [-0.1, -0.05) is 13.8 Å². The highest BCUT2D eigenvalue weighted by Crippen LogP contribution is 1.99. The maximum absolute atomic E-state index is 10.6. The lowest BCUT2D eigenvalue weighted by molar-refractivity contribution is -0.151. The lowest BCUT2D eigenvalue weighted by Gasteiger charge is -2.04. The Hall–Kier alpha value is -1.06. The molecule has 0 bridgehead atoms. The van der Waals surface area contributed by atoms with Gasteiger partial charge in [0, 0.05) is 0 Å². The van der Waals surface area contributed by atoms with Crippen LogP contribution in [0.2, 0.25) is 0 Å². The molecule has 4 heteroatoms. The minimum absolute atomic E-state index is 0.309. The van der Waals surface area contributed by atoms with Gasteiger partial charge in [-0.2, -0.15) is 0 Å². The molecule has 0 unspecified atom stereocenters. The van der Waals surface area contributed by atoms with Gasteiger partial charge in [0.2, 0.25) is 0 Å². The van der Waals surface area contributed by atoms with Gasteiger partial charge >= 0.3 is 11.9 Å². The van der Waals surface area contributed by atoms with Gasteiger partial charge in [-0.05, 0) is 12.3 Å². The molecule has 0 spiro atoms. The maximum Gasteiger partial charge on any atom is 0.317 e. The second kappa shape index (κ2) is 5.57. The average Bonchev–Trinajstić information content (AvgIpc) is 1.84. The van der Waals surface area contributed by atoms with Crippen LogP contribution >= 0.6 is 0 Å². The van der Waals surface area contributed by atoms with E-state index in [-0.39, 0.29) is 0 Å². The second-order valence-electron chi connectivity index (χ2n) is 2.97. The fraction of sp³-hybridized carbons (Fsp3) is 0.750. The van der Waals surface area contributed by atoms with E-state index in [0.29, 0.717) is 12.5 Å². The van der Waals surface area contributed by atoms with Crippen molar-refractivity contribution in [2.45, 2.75) is 26.7 Å². The van der Waals surface area contributed by atoms with E-state index in [1.165, 1.54) is 0 Å². The molecule has 70 valence electrons. The van der Waals surface area contributed by atoms with Crippen molar-refractivity contribution in [2.24, 2.45) is 5.92 Å². The minimum Gasteiger partial charge on any atom is -0.481 e. The van der Waals surface area contributed by atoms with Crippen LogP contribution in [0.1, 0.15) is 26.7 Å². The predicted molar refractivity (Wildman–Crippen MR) is 42.7 cm³/mol. The summed E-state index contributed by atoms with van der Waals surface area (Å²) in [6.07, 6.45) is 0.226. The summed E-state index contributed by atoms with van der Waals surface area (Å²) in [7, 11) is 0. The third kappa shape index (κ3) is 7.05. The molecule has 0 fully saturated rings. The number of hydrogen-bond donors (Lipinski definition) is 1. The van der Waals surface area contributed by atoms with Gasteiger partial charge in [0.1, 0.15) is 6.42 Å². The van der Waals surface area contributed by atoms with E-state index in [1.54, 1.807) is 0 Å². The van der Waals surface area contributed by atoms with E-state index < -0.39 is 18.4 Å². The third-order valence-electron chi connectivity index (χ3n) is 1.25. The topological polar surface area (TPSA) is 63.6 Å². The van der Waals surface area contributed by atoms with E-state index in [2.05, 4.69) is 4.74 Å². The molecule has 0 rings (SSSR count). The van der Waals surface area contributed by atoms with Crippen molar-refractivity contribution < 1.29 is 19.4 Å². The molecule has 0 aromatic carbocycles. The SMILES string of the molecule is CC(C)CCOC(=O)CC(=O)O. The number of carboxylic acids is 1. The monoisotopic (exact) mass is 174 g/mol. The molecular formula is C8H14O4. The molecule has 0 atom stereocenters. The van der Waals surface area contributed by atoms with Gasteiger partial charge in [-0.3, -0.25) is 9.59 Å². The number of rotatable bonds is 5. The fourth-order valence-electron chi connectivity index (χ4n) is 0.583. The van der Waals surface area contributed by atoms with Gasteiger partial charge in [-0.15, -0.1) is 0 Å². The van der Waals surface area contributed by atoms with Crippen molar-refractivity contribution in [1.82, 2.24) is 0 Å². The van der Waals surface area contributed by atoms with Crippen LogP contribution in [0.5, 0.6) is 0 Å². The van der Waals surface area contributed by atoms with E-state index in [4.69, 9.17) is 5.11 Å².